The Balaban J connectivity index is 1.30. The normalized spacial score (nSPS) is 25.8. The third kappa shape index (κ3) is 2.79. The molecule has 1 aromatic heterocycles. The van der Waals surface area contributed by atoms with E-state index >= 15 is 0 Å². The van der Waals surface area contributed by atoms with Gasteiger partial charge in [0.25, 0.3) is 5.91 Å². The predicted octanol–water partition coefficient (Wildman–Crippen LogP) is 2.22. The number of likely N-dealkylation sites (tertiary alicyclic amines) is 1. The van der Waals surface area contributed by atoms with Crippen LogP contribution in [0.3, 0.4) is 0 Å². The van der Waals surface area contributed by atoms with E-state index in [4.69, 9.17) is 4.74 Å². The molecule has 7 heteroatoms. The fourth-order valence-corrected chi connectivity index (χ4v) is 6.87. The van der Waals surface area contributed by atoms with Gasteiger partial charge in [-0.15, -0.1) is 0 Å². The van der Waals surface area contributed by atoms with Crippen molar-refractivity contribution in [2.45, 2.75) is 24.0 Å². The van der Waals surface area contributed by atoms with E-state index in [1.165, 1.54) is 12.8 Å². The van der Waals surface area contributed by atoms with Crippen LogP contribution in [-0.4, -0.2) is 61.0 Å². The van der Waals surface area contributed by atoms with Gasteiger partial charge in [-0.05, 0) is 37.3 Å². The SMILES string of the molecule is O=C(c1cc2ccccc2[nH]1)N1CC2(C1)C(COCC1CC1)CCS2(=O)=O. The van der Waals surface area contributed by atoms with E-state index in [1.807, 2.05) is 30.3 Å². The lowest BCUT2D eigenvalue weighted by Gasteiger charge is -2.49. The number of sulfone groups is 1. The summed E-state index contributed by atoms with van der Waals surface area (Å²) in [6, 6.07) is 9.57. The van der Waals surface area contributed by atoms with Crippen LogP contribution in [-0.2, 0) is 14.6 Å². The highest BCUT2D eigenvalue weighted by molar-refractivity contribution is 7.93. The Bertz CT molecular complexity index is 953. The predicted molar refractivity (Wildman–Crippen MR) is 102 cm³/mol. The van der Waals surface area contributed by atoms with Crippen LogP contribution < -0.4 is 0 Å². The number of H-pyrrole nitrogens is 1. The fourth-order valence-electron chi connectivity index (χ4n) is 4.47. The molecule has 1 unspecified atom stereocenters. The molecule has 2 aliphatic heterocycles. The summed E-state index contributed by atoms with van der Waals surface area (Å²) >= 11 is 0. The van der Waals surface area contributed by atoms with E-state index in [0.717, 1.165) is 17.5 Å². The molecule has 1 aliphatic carbocycles. The van der Waals surface area contributed by atoms with Gasteiger partial charge in [-0.25, -0.2) is 8.42 Å². The standard InChI is InChI=1S/C20H24N2O4S/c23-19(18-9-15-3-1-2-4-17(15)21-18)22-12-20(13-22)16(7-8-27(20,24)25)11-26-10-14-5-6-14/h1-4,9,14,16,21H,5-8,10-13H2. The van der Waals surface area contributed by atoms with Crippen molar-refractivity contribution in [1.29, 1.82) is 0 Å². The summed E-state index contributed by atoms with van der Waals surface area (Å²) in [5.74, 6) is 0.740. The monoisotopic (exact) mass is 388 g/mol. The van der Waals surface area contributed by atoms with Gasteiger partial charge in [0.2, 0.25) is 0 Å². The Hall–Kier alpha value is -1.86. The van der Waals surface area contributed by atoms with Gasteiger partial charge in [-0.2, -0.15) is 0 Å². The van der Waals surface area contributed by atoms with Crippen molar-refractivity contribution < 1.29 is 17.9 Å². The molecule has 3 fully saturated rings. The molecular weight excluding hydrogens is 364 g/mol. The Morgan fingerprint density at radius 1 is 1.19 bits per heavy atom. The second kappa shape index (κ2) is 6.07. The lowest BCUT2D eigenvalue weighted by atomic mass is 9.83. The van der Waals surface area contributed by atoms with Crippen LogP contribution in [0.2, 0.25) is 0 Å². The molecule has 1 N–H and O–H groups in total. The van der Waals surface area contributed by atoms with Crippen LogP contribution in [0.15, 0.2) is 30.3 Å². The maximum Gasteiger partial charge on any atom is 0.270 e. The quantitative estimate of drug-likeness (QED) is 0.852. The van der Waals surface area contributed by atoms with E-state index in [0.29, 0.717) is 24.6 Å². The zero-order valence-electron chi connectivity index (χ0n) is 15.2. The number of rotatable bonds is 5. The summed E-state index contributed by atoms with van der Waals surface area (Å²) < 4.78 is 30.5. The van der Waals surface area contributed by atoms with Crippen molar-refractivity contribution in [3.8, 4) is 0 Å². The van der Waals surface area contributed by atoms with E-state index < -0.39 is 14.6 Å². The molecule has 3 aliphatic rings. The number of benzene rings is 1. The van der Waals surface area contributed by atoms with Crippen molar-refractivity contribution in [1.82, 2.24) is 9.88 Å². The number of nitrogens with one attached hydrogen (secondary N) is 1. The Kier molecular flexibility index (Phi) is 3.88. The summed E-state index contributed by atoms with van der Waals surface area (Å²) in [5, 5.41) is 0.982. The highest BCUT2D eigenvalue weighted by atomic mass is 32.2. The van der Waals surface area contributed by atoms with E-state index in [9.17, 15) is 13.2 Å². The first-order chi connectivity index (χ1) is 13.0. The van der Waals surface area contributed by atoms with Crippen LogP contribution in [0.5, 0.6) is 0 Å². The highest BCUT2D eigenvalue weighted by Crippen LogP contribution is 2.45. The zero-order chi connectivity index (χ0) is 18.6. The largest absolute Gasteiger partial charge is 0.381 e. The number of hydrogen-bond acceptors (Lipinski definition) is 4. The van der Waals surface area contributed by atoms with Crippen LogP contribution in [0.4, 0.5) is 0 Å². The van der Waals surface area contributed by atoms with Gasteiger partial charge in [0, 0.05) is 36.5 Å². The van der Waals surface area contributed by atoms with Crippen LogP contribution in [0.1, 0.15) is 29.8 Å². The number of para-hydroxylation sites is 1. The topological polar surface area (TPSA) is 79.5 Å². The van der Waals surface area contributed by atoms with Gasteiger partial charge in [0.1, 0.15) is 10.4 Å². The maximum absolute atomic E-state index is 12.8. The van der Waals surface area contributed by atoms with Gasteiger partial charge in [0.15, 0.2) is 9.84 Å². The van der Waals surface area contributed by atoms with Gasteiger partial charge in [-0.1, -0.05) is 18.2 Å². The number of hydrogen-bond donors (Lipinski definition) is 1. The number of aromatic nitrogens is 1. The van der Waals surface area contributed by atoms with E-state index in [-0.39, 0.29) is 30.7 Å². The van der Waals surface area contributed by atoms with Gasteiger partial charge >= 0.3 is 0 Å². The second-order valence-corrected chi connectivity index (χ2v) is 10.7. The summed E-state index contributed by atoms with van der Waals surface area (Å²) in [4.78, 5) is 17.6. The Morgan fingerprint density at radius 3 is 2.70 bits per heavy atom. The van der Waals surface area contributed by atoms with Crippen molar-refractivity contribution in [3.05, 3.63) is 36.0 Å². The minimum atomic E-state index is -3.19. The average Bonchev–Trinajstić information content (AvgIpc) is 3.25. The first kappa shape index (κ1) is 17.3. The molecular formula is C20H24N2O4S. The summed E-state index contributed by atoms with van der Waals surface area (Å²) in [5.41, 5.74) is 1.43. The smallest absolute Gasteiger partial charge is 0.270 e. The zero-order valence-corrected chi connectivity index (χ0v) is 16.0. The highest BCUT2D eigenvalue weighted by Gasteiger charge is 2.62. The van der Waals surface area contributed by atoms with E-state index in [1.54, 1.807) is 4.90 Å². The summed E-state index contributed by atoms with van der Waals surface area (Å²) in [6.07, 6.45) is 3.09. The van der Waals surface area contributed by atoms with Crippen LogP contribution in [0, 0.1) is 11.8 Å². The summed E-state index contributed by atoms with van der Waals surface area (Å²) in [6.45, 7) is 1.79. The van der Waals surface area contributed by atoms with Crippen molar-refractivity contribution in [2.24, 2.45) is 11.8 Å². The molecule has 1 amide bonds. The van der Waals surface area contributed by atoms with Crippen molar-refractivity contribution >= 4 is 26.6 Å². The molecule has 1 atom stereocenters. The number of ether oxygens (including phenoxy) is 1. The Morgan fingerprint density at radius 2 is 1.96 bits per heavy atom. The van der Waals surface area contributed by atoms with Crippen molar-refractivity contribution in [2.75, 3.05) is 32.1 Å². The minimum absolute atomic E-state index is 0.00647. The molecule has 1 saturated carbocycles. The lowest BCUT2D eigenvalue weighted by molar-refractivity contribution is 0.0225. The number of fused-ring (bicyclic) bond motifs is 1. The average molecular weight is 388 g/mol. The number of nitrogens with zero attached hydrogens (tertiary/aromatic N) is 1. The molecule has 144 valence electrons. The number of amides is 1. The minimum Gasteiger partial charge on any atom is -0.381 e. The van der Waals surface area contributed by atoms with E-state index in [2.05, 4.69) is 4.98 Å². The maximum atomic E-state index is 12.8. The second-order valence-electron chi connectivity index (χ2n) is 8.28. The third-order valence-electron chi connectivity index (χ3n) is 6.43. The van der Waals surface area contributed by atoms with Gasteiger partial charge in [0.05, 0.1) is 12.4 Å². The molecule has 2 aromatic rings. The molecule has 1 aromatic carbocycles. The molecule has 1 spiro atoms. The molecule has 3 heterocycles. The number of aromatic amines is 1. The van der Waals surface area contributed by atoms with Crippen LogP contribution in [0.25, 0.3) is 10.9 Å². The lowest BCUT2D eigenvalue weighted by Crippen LogP contribution is -2.68. The first-order valence-corrected chi connectivity index (χ1v) is 11.3. The van der Waals surface area contributed by atoms with Gasteiger partial charge in [-0.3, -0.25) is 4.79 Å². The first-order valence-electron chi connectivity index (χ1n) is 9.66. The molecule has 6 nitrogen and oxygen atoms in total. The third-order valence-corrected chi connectivity index (χ3v) is 9.04. The van der Waals surface area contributed by atoms with Gasteiger partial charge < -0.3 is 14.6 Å². The molecule has 0 radical (unpaired) electrons. The number of carbonyl (C=O) groups is 1. The van der Waals surface area contributed by atoms with Crippen LogP contribution >= 0.6 is 0 Å². The Labute approximate surface area is 158 Å². The fraction of sp³-hybridized carbons (Fsp3) is 0.550. The van der Waals surface area contributed by atoms with Crippen molar-refractivity contribution in [3.63, 3.8) is 0 Å². The molecule has 2 saturated heterocycles. The molecule has 27 heavy (non-hydrogen) atoms. The number of carbonyl (C=O) groups excluding carboxylic acids is 1. The molecule has 5 rings (SSSR count). The molecule has 0 bridgehead atoms. The summed E-state index contributed by atoms with van der Waals surface area (Å²) in [7, 11) is -3.19.